The lowest BCUT2D eigenvalue weighted by molar-refractivity contribution is -0.385. The highest BCUT2D eigenvalue weighted by Gasteiger charge is 2.31. The molecule has 0 radical (unpaired) electrons. The molecule has 86 valence electrons. The average Bonchev–Trinajstić information content (AvgIpc) is 3.11. The fourth-order valence-corrected chi connectivity index (χ4v) is 1.80. The van der Waals surface area contributed by atoms with Crippen LogP contribution in [0, 0.1) is 16.0 Å². The zero-order valence-electron chi connectivity index (χ0n) is 9.46. The first-order valence-electron chi connectivity index (χ1n) is 5.43. The van der Waals surface area contributed by atoms with Crippen molar-refractivity contribution in [2.45, 2.75) is 25.8 Å². The van der Waals surface area contributed by atoms with Crippen molar-refractivity contribution >= 4 is 11.5 Å². The summed E-state index contributed by atoms with van der Waals surface area (Å²) >= 11 is 0. The summed E-state index contributed by atoms with van der Waals surface area (Å²) in [7, 11) is 1.98. The first-order valence-corrected chi connectivity index (χ1v) is 5.43. The van der Waals surface area contributed by atoms with E-state index in [1.807, 2.05) is 7.05 Å². The van der Waals surface area contributed by atoms with Gasteiger partial charge >= 0.3 is 0 Å². The van der Waals surface area contributed by atoms with E-state index in [2.05, 4.69) is 16.8 Å². The fraction of sp³-hybridized carbons (Fsp3) is 0.545. The zero-order chi connectivity index (χ0) is 11.7. The molecule has 0 saturated heterocycles. The lowest BCUT2D eigenvalue weighted by Crippen LogP contribution is -2.31. The monoisotopic (exact) mass is 221 g/mol. The Morgan fingerprint density at radius 2 is 2.25 bits per heavy atom. The van der Waals surface area contributed by atoms with Crippen LogP contribution < -0.4 is 4.90 Å². The van der Waals surface area contributed by atoms with Gasteiger partial charge in [0.25, 0.3) is 5.69 Å². The van der Waals surface area contributed by atoms with Crippen LogP contribution in [0.25, 0.3) is 0 Å². The van der Waals surface area contributed by atoms with Crippen LogP contribution in [0.3, 0.4) is 0 Å². The lowest BCUT2D eigenvalue weighted by Gasteiger charge is -2.25. The van der Waals surface area contributed by atoms with E-state index in [0.717, 1.165) is 11.7 Å². The van der Waals surface area contributed by atoms with Crippen molar-refractivity contribution in [1.82, 2.24) is 4.98 Å². The second kappa shape index (κ2) is 4.08. The van der Waals surface area contributed by atoms with E-state index in [4.69, 9.17) is 0 Å². The fourth-order valence-electron chi connectivity index (χ4n) is 1.80. The minimum atomic E-state index is -0.429. The van der Waals surface area contributed by atoms with E-state index in [1.165, 1.54) is 25.1 Å². The van der Waals surface area contributed by atoms with Gasteiger partial charge in [-0.15, -0.1) is 0 Å². The molecule has 0 aliphatic heterocycles. The highest BCUT2D eigenvalue weighted by Crippen LogP contribution is 2.35. The Kier molecular flexibility index (Phi) is 2.77. The van der Waals surface area contributed by atoms with E-state index in [-0.39, 0.29) is 5.69 Å². The topological polar surface area (TPSA) is 59.3 Å². The molecule has 5 nitrogen and oxygen atoms in total. The van der Waals surface area contributed by atoms with Gasteiger partial charge in [0, 0.05) is 19.2 Å². The quantitative estimate of drug-likeness (QED) is 0.577. The van der Waals surface area contributed by atoms with E-state index >= 15 is 0 Å². The first kappa shape index (κ1) is 10.9. The molecule has 2 rings (SSSR count). The molecule has 1 saturated carbocycles. The van der Waals surface area contributed by atoms with E-state index < -0.39 is 4.92 Å². The minimum Gasteiger partial charge on any atom is -0.357 e. The predicted octanol–water partition coefficient (Wildman–Crippen LogP) is 2.22. The van der Waals surface area contributed by atoms with E-state index in [1.54, 1.807) is 6.07 Å². The average molecular weight is 221 g/mol. The van der Waals surface area contributed by atoms with Crippen LogP contribution in [0.4, 0.5) is 11.5 Å². The molecular weight excluding hydrogens is 206 g/mol. The Balaban J connectivity index is 2.11. The van der Waals surface area contributed by atoms with Crippen molar-refractivity contribution in [2.24, 2.45) is 5.92 Å². The summed E-state index contributed by atoms with van der Waals surface area (Å²) < 4.78 is 0. The van der Waals surface area contributed by atoms with Gasteiger partial charge in [-0.1, -0.05) is 0 Å². The maximum absolute atomic E-state index is 10.5. The number of nitrogens with zero attached hydrogens (tertiary/aromatic N) is 3. The van der Waals surface area contributed by atoms with Gasteiger partial charge < -0.3 is 4.90 Å². The Bertz CT molecular complexity index is 387. The number of hydrogen-bond acceptors (Lipinski definition) is 4. The van der Waals surface area contributed by atoms with Crippen molar-refractivity contribution in [3.05, 3.63) is 28.4 Å². The van der Waals surface area contributed by atoms with Gasteiger partial charge in [0.2, 0.25) is 0 Å². The van der Waals surface area contributed by atoms with Crippen LogP contribution in [0.1, 0.15) is 19.8 Å². The van der Waals surface area contributed by atoms with Gasteiger partial charge in [0.05, 0.1) is 4.92 Å². The van der Waals surface area contributed by atoms with Crippen molar-refractivity contribution < 1.29 is 4.92 Å². The Morgan fingerprint density at radius 1 is 1.56 bits per heavy atom. The summed E-state index contributed by atoms with van der Waals surface area (Å²) in [4.78, 5) is 16.3. The number of pyridine rings is 1. The molecule has 1 aliphatic rings. The Hall–Kier alpha value is -1.65. The summed E-state index contributed by atoms with van der Waals surface area (Å²) in [6.07, 6.45) is 3.86. The number of nitro groups is 1. The predicted molar refractivity (Wildman–Crippen MR) is 61.5 cm³/mol. The molecule has 1 aromatic heterocycles. The van der Waals surface area contributed by atoms with Crippen LogP contribution in [0.2, 0.25) is 0 Å². The molecule has 1 aromatic rings. The first-order chi connectivity index (χ1) is 7.59. The third kappa shape index (κ3) is 2.13. The molecule has 1 atom stereocenters. The molecule has 1 heterocycles. The smallest absolute Gasteiger partial charge is 0.287 e. The van der Waals surface area contributed by atoms with Gasteiger partial charge in [-0.05, 0) is 31.7 Å². The maximum Gasteiger partial charge on any atom is 0.287 e. The van der Waals surface area contributed by atoms with Crippen molar-refractivity contribution in [2.75, 3.05) is 11.9 Å². The maximum atomic E-state index is 10.5. The van der Waals surface area contributed by atoms with Gasteiger partial charge in [-0.2, -0.15) is 0 Å². The number of rotatable bonds is 4. The van der Waals surface area contributed by atoms with Crippen LogP contribution in [0.5, 0.6) is 0 Å². The lowest BCUT2D eigenvalue weighted by atomic mass is 10.2. The SMILES string of the molecule is C[C@H](C1CC1)N(C)c1ccc([N+](=O)[O-])cn1. The largest absolute Gasteiger partial charge is 0.357 e. The van der Waals surface area contributed by atoms with E-state index in [0.29, 0.717) is 6.04 Å². The molecule has 5 heteroatoms. The number of aromatic nitrogens is 1. The van der Waals surface area contributed by atoms with Crippen molar-refractivity contribution in [3.8, 4) is 0 Å². The van der Waals surface area contributed by atoms with Crippen LogP contribution in [0.15, 0.2) is 18.3 Å². The van der Waals surface area contributed by atoms with E-state index in [9.17, 15) is 10.1 Å². The Labute approximate surface area is 94.2 Å². The molecule has 0 N–H and O–H groups in total. The molecule has 0 aromatic carbocycles. The minimum absolute atomic E-state index is 0.0382. The Morgan fingerprint density at radius 3 is 2.69 bits per heavy atom. The number of anilines is 1. The van der Waals surface area contributed by atoms with Crippen molar-refractivity contribution in [3.63, 3.8) is 0 Å². The van der Waals surface area contributed by atoms with Crippen LogP contribution >= 0.6 is 0 Å². The number of hydrogen-bond donors (Lipinski definition) is 0. The molecule has 0 amide bonds. The molecular formula is C11H15N3O2. The standard InChI is InChI=1S/C11H15N3O2/c1-8(9-3-4-9)13(2)11-6-5-10(7-12-11)14(15)16/h5-9H,3-4H2,1-2H3/t8-/m1/s1. The zero-order valence-corrected chi connectivity index (χ0v) is 9.46. The summed E-state index contributed by atoms with van der Waals surface area (Å²) in [5, 5.41) is 10.5. The molecule has 1 fully saturated rings. The summed E-state index contributed by atoms with van der Waals surface area (Å²) in [6, 6.07) is 3.66. The van der Waals surface area contributed by atoms with Crippen LogP contribution in [-0.4, -0.2) is 23.0 Å². The summed E-state index contributed by atoms with van der Waals surface area (Å²) in [6.45, 7) is 2.17. The van der Waals surface area contributed by atoms with Crippen LogP contribution in [-0.2, 0) is 0 Å². The molecule has 0 bridgehead atoms. The van der Waals surface area contributed by atoms with Gasteiger partial charge in [0.1, 0.15) is 12.0 Å². The van der Waals surface area contributed by atoms with Gasteiger partial charge in [0.15, 0.2) is 0 Å². The molecule has 1 aliphatic carbocycles. The normalized spacial score (nSPS) is 16.9. The molecule has 0 spiro atoms. The van der Waals surface area contributed by atoms with Gasteiger partial charge in [-0.3, -0.25) is 10.1 Å². The second-order valence-electron chi connectivity index (χ2n) is 4.32. The summed E-state index contributed by atoms with van der Waals surface area (Å²) in [5.41, 5.74) is 0.0382. The second-order valence-corrected chi connectivity index (χ2v) is 4.32. The van der Waals surface area contributed by atoms with Crippen molar-refractivity contribution in [1.29, 1.82) is 0 Å². The highest BCUT2D eigenvalue weighted by atomic mass is 16.6. The highest BCUT2D eigenvalue weighted by molar-refractivity contribution is 5.43. The third-order valence-electron chi connectivity index (χ3n) is 3.22. The third-order valence-corrected chi connectivity index (χ3v) is 3.22. The molecule has 0 unspecified atom stereocenters. The van der Waals surface area contributed by atoms with Gasteiger partial charge in [-0.25, -0.2) is 4.98 Å². The molecule has 16 heavy (non-hydrogen) atoms. The summed E-state index contributed by atoms with van der Waals surface area (Å²) in [5.74, 6) is 1.55.